The molecule has 0 spiro atoms. The van der Waals surface area contributed by atoms with Crippen molar-refractivity contribution >= 4 is 5.96 Å². The third kappa shape index (κ3) is 5.66. The van der Waals surface area contributed by atoms with Crippen molar-refractivity contribution in [1.29, 1.82) is 0 Å². The van der Waals surface area contributed by atoms with Crippen LogP contribution in [0.15, 0.2) is 29.3 Å². The van der Waals surface area contributed by atoms with Gasteiger partial charge in [-0.1, -0.05) is 18.2 Å². The molecule has 1 saturated heterocycles. The summed E-state index contributed by atoms with van der Waals surface area (Å²) in [7, 11) is 2.20. The first kappa shape index (κ1) is 20.1. The second-order valence-corrected chi connectivity index (χ2v) is 7.88. The summed E-state index contributed by atoms with van der Waals surface area (Å²) in [6.07, 6.45) is 3.26. The van der Waals surface area contributed by atoms with Crippen LogP contribution in [0.25, 0.3) is 0 Å². The lowest BCUT2D eigenvalue weighted by Crippen LogP contribution is -2.42. The molecule has 1 aromatic carbocycles. The quantitative estimate of drug-likeness (QED) is 0.565. The maximum atomic E-state index is 14.2. The highest BCUT2D eigenvalue weighted by Crippen LogP contribution is 2.49. The van der Waals surface area contributed by atoms with Crippen LogP contribution in [-0.4, -0.2) is 75.2 Å². The summed E-state index contributed by atoms with van der Waals surface area (Å²) in [6.45, 7) is 10.1. The number of halogens is 1. The normalized spacial score (nSPS) is 20.9. The Hall–Kier alpha value is -1.66. The average molecular weight is 376 g/mol. The maximum absolute atomic E-state index is 14.2. The van der Waals surface area contributed by atoms with E-state index in [1.54, 1.807) is 12.1 Å². The highest BCUT2D eigenvalue weighted by atomic mass is 19.1. The van der Waals surface area contributed by atoms with Crippen LogP contribution in [0.2, 0.25) is 0 Å². The molecule has 1 saturated carbocycles. The number of hydrogen-bond donors (Lipinski definition) is 2. The van der Waals surface area contributed by atoms with Gasteiger partial charge < -0.3 is 20.4 Å². The first-order chi connectivity index (χ1) is 13.1. The molecule has 27 heavy (non-hydrogen) atoms. The summed E-state index contributed by atoms with van der Waals surface area (Å²) in [4.78, 5) is 9.69. The Bertz CT molecular complexity index is 629. The Morgan fingerprint density at radius 2 is 1.96 bits per heavy atom. The lowest BCUT2D eigenvalue weighted by molar-refractivity contribution is 0.280. The monoisotopic (exact) mass is 375 g/mol. The number of benzene rings is 1. The second kappa shape index (κ2) is 9.51. The van der Waals surface area contributed by atoms with Crippen LogP contribution in [0.4, 0.5) is 4.39 Å². The number of nitrogens with zero attached hydrogens (tertiary/aromatic N) is 3. The summed E-state index contributed by atoms with van der Waals surface area (Å²) in [5, 5.41) is 6.78. The number of aliphatic imine (C=N–C) groups is 1. The van der Waals surface area contributed by atoms with Gasteiger partial charge in [-0.15, -0.1) is 0 Å². The number of hydrogen-bond acceptors (Lipinski definition) is 3. The largest absolute Gasteiger partial charge is 0.357 e. The minimum absolute atomic E-state index is 0.103. The van der Waals surface area contributed by atoms with Crippen LogP contribution in [0, 0.1) is 5.82 Å². The van der Waals surface area contributed by atoms with E-state index >= 15 is 0 Å². The van der Waals surface area contributed by atoms with E-state index in [2.05, 4.69) is 34.4 Å². The van der Waals surface area contributed by atoms with Crippen molar-refractivity contribution in [1.82, 2.24) is 20.4 Å². The van der Waals surface area contributed by atoms with Crippen LogP contribution >= 0.6 is 0 Å². The number of likely N-dealkylation sites (N-methyl/N-ethyl adjacent to an activating group) is 1. The first-order valence-corrected chi connectivity index (χ1v) is 10.3. The van der Waals surface area contributed by atoms with Gasteiger partial charge in [0.1, 0.15) is 5.82 Å². The summed E-state index contributed by atoms with van der Waals surface area (Å²) in [5.74, 6) is 0.737. The fraction of sp³-hybridized carbons (Fsp3) is 0.667. The molecular weight excluding hydrogens is 341 g/mol. The average Bonchev–Trinajstić information content (AvgIpc) is 3.46. The highest BCUT2D eigenvalue weighted by molar-refractivity contribution is 5.79. The second-order valence-electron chi connectivity index (χ2n) is 7.88. The first-order valence-electron chi connectivity index (χ1n) is 10.3. The molecule has 0 amide bonds. The van der Waals surface area contributed by atoms with Crippen molar-refractivity contribution in [2.45, 2.75) is 31.6 Å². The van der Waals surface area contributed by atoms with E-state index in [0.717, 1.165) is 63.6 Å². The van der Waals surface area contributed by atoms with Crippen LogP contribution in [0.5, 0.6) is 0 Å². The highest BCUT2D eigenvalue weighted by Gasteiger charge is 2.45. The molecule has 1 aliphatic heterocycles. The smallest absolute Gasteiger partial charge is 0.191 e. The Morgan fingerprint density at radius 3 is 2.70 bits per heavy atom. The third-order valence-corrected chi connectivity index (χ3v) is 5.72. The molecule has 2 N–H and O–H groups in total. The van der Waals surface area contributed by atoms with Crippen molar-refractivity contribution in [2.24, 2.45) is 4.99 Å². The van der Waals surface area contributed by atoms with Gasteiger partial charge in [-0.05, 0) is 58.0 Å². The molecule has 2 aliphatic rings. The van der Waals surface area contributed by atoms with Crippen molar-refractivity contribution in [3.05, 3.63) is 35.6 Å². The van der Waals surface area contributed by atoms with E-state index in [1.807, 2.05) is 12.1 Å². The third-order valence-electron chi connectivity index (χ3n) is 5.72. The van der Waals surface area contributed by atoms with Gasteiger partial charge in [0.25, 0.3) is 0 Å². The van der Waals surface area contributed by atoms with E-state index < -0.39 is 0 Å². The lowest BCUT2D eigenvalue weighted by atomic mass is 9.95. The zero-order valence-electron chi connectivity index (χ0n) is 16.8. The summed E-state index contributed by atoms with van der Waals surface area (Å²) in [5.41, 5.74) is 0.710. The number of nitrogens with one attached hydrogen (secondary N) is 2. The number of guanidine groups is 1. The molecule has 0 bridgehead atoms. The van der Waals surface area contributed by atoms with E-state index in [9.17, 15) is 4.39 Å². The zero-order valence-corrected chi connectivity index (χ0v) is 16.8. The van der Waals surface area contributed by atoms with Gasteiger partial charge >= 0.3 is 0 Å². The molecule has 0 unspecified atom stereocenters. The van der Waals surface area contributed by atoms with Gasteiger partial charge in [-0.25, -0.2) is 4.39 Å². The molecule has 0 radical (unpaired) electrons. The van der Waals surface area contributed by atoms with E-state index in [-0.39, 0.29) is 11.2 Å². The van der Waals surface area contributed by atoms with Gasteiger partial charge in [-0.3, -0.25) is 4.99 Å². The SMILES string of the molecule is CCNC(=NCC1(c2ccccc2F)CC1)NCCN1CCCN(C)CC1. The molecular formula is C21H34FN5. The van der Waals surface area contributed by atoms with Crippen LogP contribution in [0.3, 0.4) is 0 Å². The molecule has 1 aliphatic carbocycles. The van der Waals surface area contributed by atoms with Gasteiger partial charge in [-0.2, -0.15) is 0 Å². The Balaban J connectivity index is 1.52. The standard InChI is InChI=1S/C21H34FN5/c1-3-23-20(24-11-14-27-13-6-12-26(2)15-16-27)25-17-21(9-10-21)18-7-4-5-8-19(18)22/h4-5,7-8H,3,6,9-17H2,1-2H3,(H2,23,24,25). The summed E-state index contributed by atoms with van der Waals surface area (Å²) < 4.78 is 14.2. The van der Waals surface area contributed by atoms with Crippen LogP contribution in [-0.2, 0) is 5.41 Å². The van der Waals surface area contributed by atoms with Gasteiger partial charge in [0.15, 0.2) is 5.96 Å². The molecule has 6 heteroatoms. The van der Waals surface area contributed by atoms with Crippen molar-refractivity contribution in [3.8, 4) is 0 Å². The predicted molar refractivity (Wildman–Crippen MR) is 110 cm³/mol. The van der Waals surface area contributed by atoms with Crippen molar-refractivity contribution < 1.29 is 4.39 Å². The Labute approximate surface area is 163 Å². The Kier molecular flexibility index (Phi) is 7.07. The van der Waals surface area contributed by atoms with Gasteiger partial charge in [0, 0.05) is 38.1 Å². The zero-order chi connectivity index (χ0) is 19.1. The van der Waals surface area contributed by atoms with E-state index in [4.69, 9.17) is 4.99 Å². The fourth-order valence-electron chi connectivity index (χ4n) is 3.78. The van der Waals surface area contributed by atoms with E-state index in [0.29, 0.717) is 6.54 Å². The fourth-order valence-corrected chi connectivity index (χ4v) is 3.78. The maximum Gasteiger partial charge on any atom is 0.191 e. The summed E-state index contributed by atoms with van der Waals surface area (Å²) >= 11 is 0. The summed E-state index contributed by atoms with van der Waals surface area (Å²) in [6, 6.07) is 7.14. The topological polar surface area (TPSA) is 42.9 Å². The van der Waals surface area contributed by atoms with Crippen molar-refractivity contribution in [3.63, 3.8) is 0 Å². The van der Waals surface area contributed by atoms with Gasteiger partial charge in [0.2, 0.25) is 0 Å². The Morgan fingerprint density at radius 1 is 1.15 bits per heavy atom. The molecule has 2 fully saturated rings. The van der Waals surface area contributed by atoms with Gasteiger partial charge in [0.05, 0.1) is 6.54 Å². The molecule has 0 atom stereocenters. The van der Waals surface area contributed by atoms with E-state index in [1.165, 1.54) is 13.0 Å². The van der Waals surface area contributed by atoms with Crippen molar-refractivity contribution in [2.75, 3.05) is 59.4 Å². The minimum Gasteiger partial charge on any atom is -0.357 e. The molecule has 1 heterocycles. The molecule has 0 aromatic heterocycles. The minimum atomic E-state index is -0.108. The molecule has 150 valence electrons. The molecule has 1 aromatic rings. The van der Waals surface area contributed by atoms with Crippen LogP contribution < -0.4 is 10.6 Å². The molecule has 3 rings (SSSR count). The van der Waals surface area contributed by atoms with Crippen LogP contribution in [0.1, 0.15) is 31.7 Å². The molecule has 5 nitrogen and oxygen atoms in total. The lowest BCUT2D eigenvalue weighted by Gasteiger charge is -2.21. The number of rotatable bonds is 7. The predicted octanol–water partition coefficient (Wildman–Crippen LogP) is 2.05.